The summed E-state index contributed by atoms with van der Waals surface area (Å²) in [6.45, 7) is 4.56. The molecule has 6 nitrogen and oxygen atoms in total. The standard InChI is InChI=1S/C16H23F4N5O/c1-8(2)21-14-23-13(10-6-4-5-7-11(26)12(10)17)24-15(25-14)22-9(3)16(18,19)20/h8-9,11,26H,4-7H2,1-3H3,(H2,21,22,23,24,25)/t9-,11+/m1/s1. The van der Waals surface area contributed by atoms with E-state index in [1.807, 2.05) is 13.8 Å². The second kappa shape index (κ2) is 8.15. The van der Waals surface area contributed by atoms with Gasteiger partial charge in [0.15, 0.2) is 5.82 Å². The summed E-state index contributed by atoms with van der Waals surface area (Å²) in [6.07, 6.45) is -3.90. The lowest BCUT2D eigenvalue weighted by Crippen LogP contribution is -2.34. The summed E-state index contributed by atoms with van der Waals surface area (Å²) in [5.41, 5.74) is 0.104. The smallest absolute Gasteiger partial charge is 0.386 e. The maximum Gasteiger partial charge on any atom is 0.408 e. The molecular formula is C16H23F4N5O. The minimum atomic E-state index is -4.48. The Kier molecular flexibility index (Phi) is 6.38. The zero-order valence-electron chi connectivity index (χ0n) is 14.9. The quantitative estimate of drug-likeness (QED) is 0.679. The van der Waals surface area contributed by atoms with Gasteiger partial charge in [-0.05, 0) is 40.0 Å². The summed E-state index contributed by atoms with van der Waals surface area (Å²) in [7, 11) is 0. The molecule has 0 saturated carbocycles. The summed E-state index contributed by atoms with van der Waals surface area (Å²) in [5, 5.41) is 14.9. The number of aliphatic hydroxyl groups is 1. The van der Waals surface area contributed by atoms with Gasteiger partial charge >= 0.3 is 6.18 Å². The molecule has 1 aromatic heterocycles. The van der Waals surface area contributed by atoms with Crippen molar-refractivity contribution >= 4 is 17.5 Å². The average molecular weight is 377 g/mol. The third-order valence-electron chi connectivity index (χ3n) is 3.89. The molecule has 10 heteroatoms. The predicted molar refractivity (Wildman–Crippen MR) is 90.2 cm³/mol. The van der Waals surface area contributed by atoms with E-state index in [0.717, 1.165) is 6.92 Å². The zero-order valence-corrected chi connectivity index (χ0v) is 14.9. The van der Waals surface area contributed by atoms with E-state index in [2.05, 4.69) is 25.6 Å². The first-order chi connectivity index (χ1) is 12.1. The number of nitrogens with zero attached hydrogens (tertiary/aromatic N) is 3. The fraction of sp³-hybridized carbons (Fsp3) is 0.688. The molecular weight excluding hydrogens is 354 g/mol. The number of alkyl halides is 3. The Bertz CT molecular complexity index is 663. The predicted octanol–water partition coefficient (Wildman–Crippen LogP) is 3.67. The van der Waals surface area contributed by atoms with Gasteiger partial charge in [0, 0.05) is 11.6 Å². The fourth-order valence-electron chi connectivity index (χ4n) is 2.48. The van der Waals surface area contributed by atoms with E-state index < -0.39 is 24.1 Å². The van der Waals surface area contributed by atoms with Crippen LogP contribution in [-0.4, -0.2) is 44.4 Å². The number of aliphatic hydroxyl groups excluding tert-OH is 1. The van der Waals surface area contributed by atoms with Gasteiger partial charge < -0.3 is 15.7 Å². The van der Waals surface area contributed by atoms with Crippen molar-refractivity contribution in [3.8, 4) is 0 Å². The minimum Gasteiger partial charge on any atom is -0.386 e. The lowest BCUT2D eigenvalue weighted by Gasteiger charge is -2.19. The molecule has 1 heterocycles. The zero-order chi connectivity index (χ0) is 19.5. The van der Waals surface area contributed by atoms with E-state index in [1.54, 1.807) is 0 Å². The van der Waals surface area contributed by atoms with Gasteiger partial charge in [0.1, 0.15) is 18.0 Å². The SMILES string of the molecule is CC(C)Nc1nc(N[C@H](C)C(F)(F)F)nc(C2=C(F)[C@@H](O)CCCC2)n1. The van der Waals surface area contributed by atoms with Gasteiger partial charge in [0.05, 0.1) is 0 Å². The molecule has 2 rings (SSSR count). The molecule has 0 fully saturated rings. The Morgan fingerprint density at radius 3 is 2.23 bits per heavy atom. The Hall–Kier alpha value is -1.97. The van der Waals surface area contributed by atoms with Crippen molar-refractivity contribution in [1.29, 1.82) is 0 Å². The minimum absolute atomic E-state index is 0.0425. The number of allylic oxidation sites excluding steroid dienone is 1. The first kappa shape index (κ1) is 20.3. The van der Waals surface area contributed by atoms with Gasteiger partial charge in [0.25, 0.3) is 0 Å². The molecule has 26 heavy (non-hydrogen) atoms. The lowest BCUT2D eigenvalue weighted by molar-refractivity contribution is -0.138. The molecule has 146 valence electrons. The normalized spacial score (nSPS) is 20.1. The fourth-order valence-corrected chi connectivity index (χ4v) is 2.48. The molecule has 0 spiro atoms. The highest BCUT2D eigenvalue weighted by Gasteiger charge is 2.36. The summed E-state index contributed by atoms with van der Waals surface area (Å²) in [6, 6.07) is -1.97. The number of hydrogen-bond acceptors (Lipinski definition) is 6. The Morgan fingerprint density at radius 1 is 1.04 bits per heavy atom. The van der Waals surface area contributed by atoms with Crippen molar-refractivity contribution in [3.05, 3.63) is 11.7 Å². The molecule has 0 aromatic carbocycles. The first-order valence-electron chi connectivity index (χ1n) is 8.50. The van der Waals surface area contributed by atoms with Crippen LogP contribution in [0, 0.1) is 0 Å². The van der Waals surface area contributed by atoms with Crippen LogP contribution in [0.4, 0.5) is 29.5 Å². The first-order valence-corrected chi connectivity index (χ1v) is 8.50. The number of aromatic nitrogens is 3. The van der Waals surface area contributed by atoms with E-state index in [-0.39, 0.29) is 35.8 Å². The summed E-state index contributed by atoms with van der Waals surface area (Å²) < 4.78 is 52.9. The molecule has 0 radical (unpaired) electrons. The van der Waals surface area contributed by atoms with Crippen LogP contribution in [0.25, 0.3) is 5.57 Å². The maximum atomic E-state index is 14.5. The van der Waals surface area contributed by atoms with Crippen molar-refractivity contribution in [2.75, 3.05) is 10.6 Å². The Labute approximate surface area is 149 Å². The molecule has 1 aromatic rings. The molecule has 0 amide bonds. The van der Waals surface area contributed by atoms with Gasteiger partial charge in [0.2, 0.25) is 11.9 Å². The van der Waals surface area contributed by atoms with Crippen LogP contribution < -0.4 is 10.6 Å². The summed E-state index contributed by atoms with van der Waals surface area (Å²) >= 11 is 0. The molecule has 1 aliphatic rings. The van der Waals surface area contributed by atoms with Crippen LogP contribution in [0.3, 0.4) is 0 Å². The number of halogens is 4. The highest BCUT2D eigenvalue weighted by atomic mass is 19.4. The molecule has 2 atom stereocenters. The highest BCUT2D eigenvalue weighted by molar-refractivity contribution is 5.64. The van der Waals surface area contributed by atoms with Crippen LogP contribution >= 0.6 is 0 Å². The molecule has 1 aliphatic carbocycles. The largest absolute Gasteiger partial charge is 0.408 e. The third-order valence-corrected chi connectivity index (χ3v) is 3.89. The van der Waals surface area contributed by atoms with Gasteiger partial charge in [-0.2, -0.15) is 28.1 Å². The Balaban J connectivity index is 2.44. The van der Waals surface area contributed by atoms with Crippen LogP contribution in [0.1, 0.15) is 52.3 Å². The van der Waals surface area contributed by atoms with E-state index in [4.69, 9.17) is 0 Å². The van der Waals surface area contributed by atoms with E-state index in [9.17, 15) is 22.7 Å². The molecule has 0 saturated heterocycles. The second-order valence-electron chi connectivity index (χ2n) is 6.60. The third kappa shape index (κ3) is 5.26. The molecule has 0 aliphatic heterocycles. The summed E-state index contributed by atoms with van der Waals surface area (Å²) in [4.78, 5) is 12.0. The number of nitrogens with one attached hydrogen (secondary N) is 2. The maximum absolute atomic E-state index is 14.5. The van der Waals surface area contributed by atoms with Crippen molar-refractivity contribution in [2.24, 2.45) is 0 Å². The van der Waals surface area contributed by atoms with Gasteiger partial charge in [-0.15, -0.1) is 0 Å². The Morgan fingerprint density at radius 2 is 1.65 bits per heavy atom. The molecule has 0 bridgehead atoms. The van der Waals surface area contributed by atoms with E-state index >= 15 is 0 Å². The van der Waals surface area contributed by atoms with Crippen molar-refractivity contribution in [1.82, 2.24) is 15.0 Å². The number of anilines is 2. The summed E-state index contributed by atoms with van der Waals surface area (Å²) in [5.74, 6) is -1.07. The van der Waals surface area contributed by atoms with Crippen molar-refractivity contribution < 1.29 is 22.7 Å². The van der Waals surface area contributed by atoms with Crippen LogP contribution in [0.5, 0.6) is 0 Å². The number of rotatable bonds is 5. The topological polar surface area (TPSA) is 83.0 Å². The molecule has 0 unspecified atom stereocenters. The van der Waals surface area contributed by atoms with E-state index in [1.165, 1.54) is 0 Å². The van der Waals surface area contributed by atoms with Gasteiger partial charge in [-0.1, -0.05) is 6.42 Å². The van der Waals surface area contributed by atoms with Crippen molar-refractivity contribution in [3.63, 3.8) is 0 Å². The monoisotopic (exact) mass is 377 g/mol. The molecule has 3 N–H and O–H groups in total. The van der Waals surface area contributed by atoms with E-state index in [0.29, 0.717) is 19.3 Å². The average Bonchev–Trinajstić information content (AvgIpc) is 2.67. The second-order valence-corrected chi connectivity index (χ2v) is 6.60. The van der Waals surface area contributed by atoms with Crippen LogP contribution in [-0.2, 0) is 0 Å². The lowest BCUT2D eigenvalue weighted by atomic mass is 10.1. The van der Waals surface area contributed by atoms with Crippen LogP contribution in [0.15, 0.2) is 5.83 Å². The number of hydrogen-bond donors (Lipinski definition) is 3. The van der Waals surface area contributed by atoms with Gasteiger partial charge in [-0.25, -0.2) is 4.39 Å². The van der Waals surface area contributed by atoms with Crippen molar-refractivity contribution in [2.45, 2.75) is 70.8 Å². The van der Waals surface area contributed by atoms with Gasteiger partial charge in [-0.3, -0.25) is 0 Å². The van der Waals surface area contributed by atoms with Crippen LogP contribution in [0.2, 0.25) is 0 Å². The highest BCUT2D eigenvalue weighted by Crippen LogP contribution is 2.31.